The van der Waals surface area contributed by atoms with E-state index in [4.69, 9.17) is 0 Å². The van der Waals surface area contributed by atoms with Crippen molar-refractivity contribution in [2.75, 3.05) is 0 Å². The summed E-state index contributed by atoms with van der Waals surface area (Å²) in [6.45, 7) is 0. The molecule has 4 N–H and O–H groups in total. The van der Waals surface area contributed by atoms with Crippen LogP contribution >= 0.6 is 0 Å². The average Bonchev–Trinajstić information content (AvgIpc) is 2.52. The summed E-state index contributed by atoms with van der Waals surface area (Å²) in [5.41, 5.74) is 0.248. The highest BCUT2D eigenvalue weighted by Crippen LogP contribution is 2.15. The molecule has 6 nitrogen and oxygen atoms in total. The molecule has 2 aromatic rings. The Hall–Kier alpha value is -3.28. The summed E-state index contributed by atoms with van der Waals surface area (Å²) >= 11 is 0. The van der Waals surface area contributed by atoms with Gasteiger partial charge in [0.1, 0.15) is 11.5 Å². The van der Waals surface area contributed by atoms with Crippen LogP contribution in [0.1, 0.15) is 20.7 Å². The fraction of sp³-hybridized carbons (Fsp3) is 0. The van der Waals surface area contributed by atoms with Crippen molar-refractivity contribution in [2.45, 2.75) is 0 Å². The number of hydrogen-bond donors (Lipinski definition) is 4. The molecule has 0 spiro atoms. The predicted octanol–water partition coefficient (Wildman–Crippen LogP) is 1.73. The molecule has 0 saturated carbocycles. The van der Waals surface area contributed by atoms with Gasteiger partial charge in [0.25, 0.3) is 11.8 Å². The maximum atomic E-state index is 11.8. The van der Waals surface area contributed by atoms with Gasteiger partial charge in [0, 0.05) is 12.4 Å². The van der Waals surface area contributed by atoms with E-state index in [0.29, 0.717) is 0 Å². The lowest BCUT2D eigenvalue weighted by Gasteiger charge is -2.04. The Morgan fingerprint density at radius 3 is 1.45 bits per heavy atom. The van der Waals surface area contributed by atoms with E-state index in [1.807, 2.05) is 0 Å². The molecule has 0 aliphatic rings. The van der Waals surface area contributed by atoms with E-state index in [1.165, 1.54) is 36.7 Å². The molecule has 0 bridgehead atoms. The minimum absolute atomic E-state index is 0.124. The van der Waals surface area contributed by atoms with E-state index in [9.17, 15) is 19.8 Å². The van der Waals surface area contributed by atoms with Crippen LogP contribution in [0.3, 0.4) is 0 Å². The quantitative estimate of drug-likeness (QED) is 0.691. The summed E-state index contributed by atoms with van der Waals surface area (Å²) in [6, 6.07) is 12.2. The lowest BCUT2D eigenvalue weighted by molar-refractivity contribution is 0.0952. The maximum Gasteiger partial charge on any atom is 0.259 e. The van der Waals surface area contributed by atoms with E-state index in [0.717, 1.165) is 0 Å². The zero-order valence-electron chi connectivity index (χ0n) is 11.5. The molecule has 2 aromatic carbocycles. The molecule has 2 rings (SSSR count). The number of phenolic OH excluding ortho intramolecular Hbond substituents is 2. The highest BCUT2D eigenvalue weighted by Gasteiger charge is 2.09. The summed E-state index contributed by atoms with van der Waals surface area (Å²) < 4.78 is 0. The van der Waals surface area contributed by atoms with Crippen LogP contribution in [0.15, 0.2) is 60.9 Å². The van der Waals surface area contributed by atoms with Crippen LogP contribution in [0, 0.1) is 0 Å². The lowest BCUT2D eigenvalue weighted by Crippen LogP contribution is -2.21. The molecular formula is C16H14N2O4. The van der Waals surface area contributed by atoms with Crippen molar-refractivity contribution >= 4 is 11.8 Å². The second kappa shape index (κ2) is 6.94. The van der Waals surface area contributed by atoms with Crippen LogP contribution in [0.25, 0.3) is 0 Å². The van der Waals surface area contributed by atoms with Crippen LogP contribution in [0.5, 0.6) is 11.5 Å². The van der Waals surface area contributed by atoms with Crippen LogP contribution in [0.2, 0.25) is 0 Å². The van der Waals surface area contributed by atoms with Crippen LogP contribution in [0.4, 0.5) is 0 Å². The van der Waals surface area contributed by atoms with Gasteiger partial charge < -0.3 is 20.8 Å². The number of carbonyl (C=O) groups excluding carboxylic acids is 2. The van der Waals surface area contributed by atoms with E-state index < -0.39 is 11.8 Å². The third-order valence-electron chi connectivity index (χ3n) is 2.81. The molecule has 0 aromatic heterocycles. The molecule has 0 atom stereocenters. The molecule has 0 fully saturated rings. The van der Waals surface area contributed by atoms with E-state index >= 15 is 0 Å². The van der Waals surface area contributed by atoms with Crippen molar-refractivity contribution in [3.63, 3.8) is 0 Å². The van der Waals surface area contributed by atoms with Crippen molar-refractivity contribution in [3.05, 3.63) is 72.1 Å². The summed E-state index contributed by atoms with van der Waals surface area (Å²) in [6.07, 6.45) is 2.46. The summed E-state index contributed by atoms with van der Waals surface area (Å²) in [5, 5.41) is 23.9. The van der Waals surface area contributed by atoms with Gasteiger partial charge in [-0.15, -0.1) is 0 Å². The largest absolute Gasteiger partial charge is 0.507 e. The lowest BCUT2D eigenvalue weighted by atomic mass is 10.2. The normalized spacial score (nSPS) is 10.4. The van der Waals surface area contributed by atoms with Crippen LogP contribution in [-0.2, 0) is 0 Å². The number of para-hydroxylation sites is 2. The number of hydrogen-bond acceptors (Lipinski definition) is 4. The smallest absolute Gasteiger partial charge is 0.259 e. The van der Waals surface area contributed by atoms with E-state index in [1.54, 1.807) is 24.3 Å². The first-order valence-corrected chi connectivity index (χ1v) is 6.42. The minimum atomic E-state index is -0.508. The highest BCUT2D eigenvalue weighted by atomic mass is 16.3. The Kier molecular flexibility index (Phi) is 4.77. The van der Waals surface area contributed by atoms with Gasteiger partial charge in [-0.2, -0.15) is 0 Å². The van der Waals surface area contributed by atoms with E-state index in [-0.39, 0.29) is 22.6 Å². The van der Waals surface area contributed by atoms with Crippen molar-refractivity contribution < 1.29 is 19.8 Å². The van der Waals surface area contributed by atoms with Crippen LogP contribution in [-0.4, -0.2) is 22.0 Å². The van der Waals surface area contributed by atoms with Gasteiger partial charge in [0.05, 0.1) is 11.1 Å². The number of amides is 2. The van der Waals surface area contributed by atoms with Crippen molar-refractivity contribution in [1.82, 2.24) is 10.6 Å². The van der Waals surface area contributed by atoms with Gasteiger partial charge in [0.2, 0.25) is 0 Å². The fourth-order valence-electron chi connectivity index (χ4n) is 1.72. The number of phenols is 2. The third kappa shape index (κ3) is 3.63. The Morgan fingerprint density at radius 2 is 1.09 bits per heavy atom. The number of carbonyl (C=O) groups is 2. The molecule has 112 valence electrons. The molecule has 0 heterocycles. The topological polar surface area (TPSA) is 98.7 Å². The molecule has 0 radical (unpaired) electrons. The Balaban J connectivity index is 1.91. The molecule has 0 aliphatic heterocycles. The number of aromatic hydroxyl groups is 2. The van der Waals surface area contributed by atoms with Gasteiger partial charge in [-0.05, 0) is 24.3 Å². The first kappa shape index (κ1) is 15.1. The van der Waals surface area contributed by atoms with Crippen LogP contribution < -0.4 is 10.6 Å². The second-order valence-corrected chi connectivity index (χ2v) is 4.31. The van der Waals surface area contributed by atoms with Gasteiger partial charge in [-0.25, -0.2) is 0 Å². The predicted molar refractivity (Wildman–Crippen MR) is 80.3 cm³/mol. The summed E-state index contributed by atoms with van der Waals surface area (Å²) in [5.74, 6) is -1.28. The Bertz CT molecular complexity index is 664. The molecule has 22 heavy (non-hydrogen) atoms. The van der Waals surface area contributed by atoms with Crippen molar-refractivity contribution in [1.29, 1.82) is 0 Å². The van der Waals surface area contributed by atoms with Gasteiger partial charge >= 0.3 is 0 Å². The zero-order valence-corrected chi connectivity index (χ0v) is 11.5. The van der Waals surface area contributed by atoms with Crippen molar-refractivity contribution in [2.24, 2.45) is 0 Å². The molecule has 0 saturated heterocycles. The fourth-order valence-corrected chi connectivity index (χ4v) is 1.72. The first-order chi connectivity index (χ1) is 10.6. The first-order valence-electron chi connectivity index (χ1n) is 6.42. The molecular weight excluding hydrogens is 284 g/mol. The standard InChI is InChI=1S/C16H14N2O4/c19-13-7-3-1-5-11(13)15(21)17-9-10-18-16(22)12-6-2-4-8-14(12)20/h1-10,19-20H,(H,17,21)(H,18,22)/b10-9+. The SMILES string of the molecule is O=C(N/C=C/NC(=O)c1ccccc1O)c1ccccc1O. The van der Waals surface area contributed by atoms with Crippen molar-refractivity contribution in [3.8, 4) is 11.5 Å². The summed E-state index contributed by atoms with van der Waals surface area (Å²) in [4.78, 5) is 23.5. The molecule has 2 amide bonds. The number of benzene rings is 2. The Labute approximate surface area is 126 Å². The number of nitrogens with one attached hydrogen (secondary N) is 2. The summed E-state index contributed by atoms with van der Waals surface area (Å²) in [7, 11) is 0. The second-order valence-electron chi connectivity index (χ2n) is 4.31. The van der Waals surface area contributed by atoms with E-state index in [2.05, 4.69) is 10.6 Å². The van der Waals surface area contributed by atoms with Gasteiger partial charge in [-0.1, -0.05) is 24.3 Å². The Morgan fingerprint density at radius 1 is 0.727 bits per heavy atom. The molecule has 0 aliphatic carbocycles. The minimum Gasteiger partial charge on any atom is -0.507 e. The molecule has 0 unspecified atom stereocenters. The maximum absolute atomic E-state index is 11.8. The number of rotatable bonds is 4. The van der Waals surface area contributed by atoms with Gasteiger partial charge in [0.15, 0.2) is 0 Å². The highest BCUT2D eigenvalue weighted by molar-refractivity contribution is 5.98. The monoisotopic (exact) mass is 298 g/mol. The molecule has 6 heteroatoms. The zero-order chi connectivity index (χ0) is 15.9. The van der Waals surface area contributed by atoms with Gasteiger partial charge in [-0.3, -0.25) is 9.59 Å². The average molecular weight is 298 g/mol. The third-order valence-corrected chi connectivity index (χ3v) is 2.81.